The predicted molar refractivity (Wildman–Crippen MR) is 81.4 cm³/mol. The third kappa shape index (κ3) is 3.95. The van der Waals surface area contributed by atoms with Gasteiger partial charge in [-0.1, -0.05) is 0 Å². The molecule has 1 N–H and O–H groups in total. The number of piperazine rings is 1. The minimum Gasteiger partial charge on any atom is -0.352 e. The first kappa shape index (κ1) is 16.9. The maximum Gasteiger partial charge on any atom is 0.433 e. The highest BCUT2D eigenvalue weighted by Crippen LogP contribution is 2.28. The summed E-state index contributed by atoms with van der Waals surface area (Å²) in [6, 6.07) is 0.944. The lowest BCUT2D eigenvalue weighted by atomic mass is 10.2. The van der Waals surface area contributed by atoms with Crippen molar-refractivity contribution in [1.29, 1.82) is 0 Å². The standard InChI is InChI=1S/C15H20F3N5O/c1-10(13(24)20-11-2-3-11)22-6-8-23(9-7-22)14-19-5-4-12(21-14)15(16,17)18/h4-5,10-11H,2-3,6-9H2,1H3,(H,20,24). The summed E-state index contributed by atoms with van der Waals surface area (Å²) >= 11 is 0. The van der Waals surface area contributed by atoms with E-state index in [0.717, 1.165) is 25.1 Å². The third-order valence-electron chi connectivity index (χ3n) is 4.38. The quantitative estimate of drug-likeness (QED) is 0.893. The molecule has 6 nitrogen and oxygen atoms in total. The Morgan fingerprint density at radius 2 is 1.96 bits per heavy atom. The predicted octanol–water partition coefficient (Wildman–Crippen LogP) is 1.28. The number of nitrogens with one attached hydrogen (secondary N) is 1. The zero-order valence-electron chi connectivity index (χ0n) is 13.4. The largest absolute Gasteiger partial charge is 0.433 e. The number of anilines is 1. The van der Waals surface area contributed by atoms with Crippen LogP contribution >= 0.6 is 0 Å². The van der Waals surface area contributed by atoms with E-state index in [0.29, 0.717) is 32.2 Å². The van der Waals surface area contributed by atoms with Crippen LogP contribution in [0.25, 0.3) is 0 Å². The van der Waals surface area contributed by atoms with E-state index >= 15 is 0 Å². The molecule has 1 saturated carbocycles. The zero-order valence-corrected chi connectivity index (χ0v) is 13.4. The Balaban J connectivity index is 1.57. The van der Waals surface area contributed by atoms with E-state index in [1.807, 2.05) is 11.8 Å². The van der Waals surface area contributed by atoms with Crippen LogP contribution in [0.5, 0.6) is 0 Å². The van der Waals surface area contributed by atoms with Crippen LogP contribution in [0.4, 0.5) is 19.1 Å². The van der Waals surface area contributed by atoms with Gasteiger partial charge in [0.2, 0.25) is 11.9 Å². The summed E-state index contributed by atoms with van der Waals surface area (Å²) in [7, 11) is 0. The molecule has 24 heavy (non-hydrogen) atoms. The van der Waals surface area contributed by atoms with E-state index < -0.39 is 11.9 Å². The minimum absolute atomic E-state index is 0.0151. The van der Waals surface area contributed by atoms with Crippen molar-refractivity contribution >= 4 is 11.9 Å². The van der Waals surface area contributed by atoms with Crippen molar-refractivity contribution < 1.29 is 18.0 Å². The molecule has 1 unspecified atom stereocenters. The molecular formula is C15H20F3N5O. The summed E-state index contributed by atoms with van der Waals surface area (Å²) in [5.41, 5.74) is -0.938. The Hall–Kier alpha value is -1.90. The smallest absolute Gasteiger partial charge is 0.352 e. The second-order valence-corrected chi connectivity index (χ2v) is 6.22. The maximum atomic E-state index is 12.7. The fourth-order valence-corrected chi connectivity index (χ4v) is 2.68. The highest BCUT2D eigenvalue weighted by atomic mass is 19.4. The summed E-state index contributed by atoms with van der Waals surface area (Å²) in [6.45, 7) is 4.00. The Morgan fingerprint density at radius 1 is 1.29 bits per heavy atom. The third-order valence-corrected chi connectivity index (χ3v) is 4.38. The van der Waals surface area contributed by atoms with E-state index in [2.05, 4.69) is 15.3 Å². The van der Waals surface area contributed by atoms with Gasteiger partial charge in [0, 0.05) is 38.4 Å². The molecule has 2 aliphatic rings. The normalized spacial score (nSPS) is 20.8. The summed E-state index contributed by atoms with van der Waals surface area (Å²) in [5.74, 6) is 0.0980. The fraction of sp³-hybridized carbons (Fsp3) is 0.667. The van der Waals surface area contributed by atoms with Crippen LogP contribution in [-0.2, 0) is 11.0 Å². The molecule has 1 saturated heterocycles. The molecule has 1 amide bonds. The summed E-state index contributed by atoms with van der Waals surface area (Å²) < 4.78 is 38.2. The van der Waals surface area contributed by atoms with Gasteiger partial charge in [0.05, 0.1) is 6.04 Å². The number of carbonyl (C=O) groups excluding carboxylic acids is 1. The summed E-state index contributed by atoms with van der Waals surface area (Å²) in [6.07, 6.45) is -1.27. The Morgan fingerprint density at radius 3 is 2.54 bits per heavy atom. The van der Waals surface area contributed by atoms with E-state index in [1.54, 1.807) is 4.90 Å². The lowest BCUT2D eigenvalue weighted by Gasteiger charge is -2.37. The molecular weight excluding hydrogens is 323 g/mol. The molecule has 132 valence electrons. The molecule has 2 heterocycles. The van der Waals surface area contributed by atoms with Crippen LogP contribution in [0, 0.1) is 0 Å². The van der Waals surface area contributed by atoms with E-state index in [9.17, 15) is 18.0 Å². The van der Waals surface area contributed by atoms with E-state index in [4.69, 9.17) is 0 Å². The van der Waals surface area contributed by atoms with E-state index in [-0.39, 0.29) is 17.9 Å². The van der Waals surface area contributed by atoms with Gasteiger partial charge in [-0.15, -0.1) is 0 Å². The van der Waals surface area contributed by atoms with Gasteiger partial charge in [0.25, 0.3) is 0 Å². The monoisotopic (exact) mass is 343 g/mol. The molecule has 1 atom stereocenters. The van der Waals surface area contributed by atoms with Gasteiger partial charge in [-0.05, 0) is 25.8 Å². The maximum absolute atomic E-state index is 12.7. The molecule has 0 aromatic carbocycles. The van der Waals surface area contributed by atoms with Crippen molar-refractivity contribution in [2.75, 3.05) is 31.1 Å². The van der Waals surface area contributed by atoms with Gasteiger partial charge >= 0.3 is 6.18 Å². The van der Waals surface area contributed by atoms with Crippen molar-refractivity contribution in [1.82, 2.24) is 20.2 Å². The lowest BCUT2D eigenvalue weighted by Crippen LogP contribution is -2.54. The summed E-state index contributed by atoms with van der Waals surface area (Å²) in [4.78, 5) is 23.4. The zero-order chi connectivity index (χ0) is 17.3. The Bertz CT molecular complexity index is 597. The van der Waals surface area contributed by atoms with Crippen LogP contribution in [0.1, 0.15) is 25.5 Å². The highest BCUT2D eigenvalue weighted by molar-refractivity contribution is 5.81. The number of halogens is 3. The molecule has 1 aromatic heterocycles. The van der Waals surface area contributed by atoms with Crippen molar-refractivity contribution in [2.45, 2.75) is 38.0 Å². The second-order valence-electron chi connectivity index (χ2n) is 6.22. The first-order chi connectivity index (χ1) is 11.3. The van der Waals surface area contributed by atoms with Gasteiger partial charge in [0.15, 0.2) is 0 Å². The van der Waals surface area contributed by atoms with Gasteiger partial charge in [-0.2, -0.15) is 13.2 Å². The number of carbonyl (C=O) groups is 1. The Labute approximate surface area is 138 Å². The lowest BCUT2D eigenvalue weighted by molar-refractivity contribution is -0.141. The van der Waals surface area contributed by atoms with Crippen LogP contribution in [-0.4, -0.2) is 59.0 Å². The molecule has 0 radical (unpaired) electrons. The van der Waals surface area contributed by atoms with Crippen LogP contribution in [0.3, 0.4) is 0 Å². The molecule has 1 aliphatic heterocycles. The molecule has 1 aromatic rings. The average Bonchev–Trinajstić information content (AvgIpc) is 3.37. The number of rotatable bonds is 4. The SMILES string of the molecule is CC(C(=O)NC1CC1)N1CCN(c2nccc(C(F)(F)F)n2)CC1. The van der Waals surface area contributed by atoms with Crippen molar-refractivity contribution in [3.8, 4) is 0 Å². The van der Waals surface area contributed by atoms with E-state index in [1.165, 1.54) is 0 Å². The fourth-order valence-electron chi connectivity index (χ4n) is 2.68. The number of hydrogen-bond acceptors (Lipinski definition) is 5. The van der Waals surface area contributed by atoms with Crippen molar-refractivity contribution in [3.05, 3.63) is 18.0 Å². The number of nitrogens with zero attached hydrogens (tertiary/aromatic N) is 4. The number of alkyl halides is 3. The molecule has 2 fully saturated rings. The molecule has 0 spiro atoms. The molecule has 1 aliphatic carbocycles. The second kappa shape index (κ2) is 6.54. The van der Waals surface area contributed by atoms with Gasteiger partial charge in [0.1, 0.15) is 5.69 Å². The number of amides is 1. The summed E-state index contributed by atoms with van der Waals surface area (Å²) in [5, 5.41) is 2.97. The van der Waals surface area contributed by atoms with Gasteiger partial charge in [-0.25, -0.2) is 9.97 Å². The Kier molecular flexibility index (Phi) is 4.62. The number of hydrogen-bond donors (Lipinski definition) is 1. The topological polar surface area (TPSA) is 61.4 Å². The van der Waals surface area contributed by atoms with Gasteiger partial charge in [-0.3, -0.25) is 9.69 Å². The van der Waals surface area contributed by atoms with Crippen LogP contribution < -0.4 is 10.2 Å². The first-order valence-electron chi connectivity index (χ1n) is 8.04. The van der Waals surface area contributed by atoms with Crippen molar-refractivity contribution in [3.63, 3.8) is 0 Å². The van der Waals surface area contributed by atoms with Crippen LogP contribution in [0.15, 0.2) is 12.3 Å². The first-order valence-corrected chi connectivity index (χ1v) is 8.04. The van der Waals surface area contributed by atoms with Crippen molar-refractivity contribution in [2.24, 2.45) is 0 Å². The molecule has 0 bridgehead atoms. The highest BCUT2D eigenvalue weighted by Gasteiger charge is 2.34. The number of aromatic nitrogens is 2. The minimum atomic E-state index is -4.48. The van der Waals surface area contributed by atoms with Gasteiger partial charge < -0.3 is 10.2 Å². The molecule has 9 heteroatoms. The molecule has 3 rings (SSSR count). The van der Waals surface area contributed by atoms with Crippen LogP contribution in [0.2, 0.25) is 0 Å². The average molecular weight is 343 g/mol.